The van der Waals surface area contributed by atoms with Gasteiger partial charge in [0.05, 0.1) is 5.92 Å². The van der Waals surface area contributed by atoms with E-state index in [9.17, 15) is 23.6 Å². The summed E-state index contributed by atoms with van der Waals surface area (Å²) in [6.45, 7) is 4.06. The van der Waals surface area contributed by atoms with Crippen LogP contribution in [0.2, 0.25) is 0 Å². The third kappa shape index (κ3) is 6.06. The molecule has 5 atom stereocenters. The number of aromatic nitrogens is 1. The molecule has 0 radical (unpaired) electrons. The number of para-hydroxylation sites is 1. The predicted molar refractivity (Wildman–Crippen MR) is 189 cm³/mol. The first-order valence-corrected chi connectivity index (χ1v) is 17.1. The molecule has 0 bridgehead atoms. The maximum absolute atomic E-state index is 14.2. The van der Waals surface area contributed by atoms with Crippen LogP contribution in [-0.2, 0) is 38.4 Å². The van der Waals surface area contributed by atoms with Crippen molar-refractivity contribution in [2.24, 2.45) is 17.6 Å². The third-order valence-electron chi connectivity index (χ3n) is 10.4. The highest BCUT2D eigenvalue weighted by Gasteiger charge is 2.42. The van der Waals surface area contributed by atoms with Crippen LogP contribution in [0.3, 0.4) is 0 Å². The van der Waals surface area contributed by atoms with Gasteiger partial charge in [0.25, 0.3) is 5.91 Å². The molecule has 0 unspecified atom stereocenters. The van der Waals surface area contributed by atoms with E-state index in [1.165, 1.54) is 28.0 Å². The summed E-state index contributed by atoms with van der Waals surface area (Å²) in [4.78, 5) is 61.8. The van der Waals surface area contributed by atoms with Gasteiger partial charge in [-0.1, -0.05) is 62.4 Å². The Bertz CT molecular complexity index is 2020. The Morgan fingerprint density at radius 2 is 1.72 bits per heavy atom. The van der Waals surface area contributed by atoms with Crippen molar-refractivity contribution in [3.05, 3.63) is 107 Å². The number of nitrogens with one attached hydrogen (secondary N) is 3. The molecule has 4 amide bonds. The highest BCUT2D eigenvalue weighted by atomic mass is 19.1. The molecular weight excluding hydrogens is 635 g/mol. The lowest BCUT2D eigenvalue weighted by atomic mass is 9.79. The van der Waals surface area contributed by atoms with Gasteiger partial charge < -0.3 is 21.4 Å². The van der Waals surface area contributed by atoms with Crippen molar-refractivity contribution in [1.29, 1.82) is 0 Å². The summed E-state index contributed by atoms with van der Waals surface area (Å²) < 4.78 is 13.8. The first kappa shape index (κ1) is 33.2. The van der Waals surface area contributed by atoms with Gasteiger partial charge in [-0.25, -0.2) is 4.39 Å². The van der Waals surface area contributed by atoms with E-state index in [0.717, 1.165) is 28.6 Å². The largest absolute Gasteiger partial charge is 0.368 e. The molecule has 0 spiro atoms. The van der Waals surface area contributed by atoms with Gasteiger partial charge in [-0.2, -0.15) is 0 Å². The predicted octanol–water partition coefficient (Wildman–Crippen LogP) is 3.49. The number of anilines is 1. The van der Waals surface area contributed by atoms with Crippen LogP contribution in [0, 0.1) is 17.7 Å². The Morgan fingerprint density at radius 1 is 0.960 bits per heavy atom. The average Bonchev–Trinajstić information content (AvgIpc) is 3.70. The number of halogens is 1. The molecular formula is C39H41FN6O4. The fraction of sp³-hybridized carbons (Fsp3) is 0.333. The molecule has 2 aliphatic heterocycles. The van der Waals surface area contributed by atoms with E-state index in [0.29, 0.717) is 17.8 Å². The van der Waals surface area contributed by atoms with Crippen molar-refractivity contribution in [1.82, 2.24) is 20.5 Å². The van der Waals surface area contributed by atoms with Gasteiger partial charge in [0.2, 0.25) is 17.7 Å². The van der Waals surface area contributed by atoms with Gasteiger partial charge in [0, 0.05) is 48.2 Å². The minimum Gasteiger partial charge on any atom is -0.368 e. The van der Waals surface area contributed by atoms with Crippen molar-refractivity contribution in [3.8, 4) is 0 Å². The Balaban J connectivity index is 1.16. The molecule has 0 saturated heterocycles. The average molecular weight is 677 g/mol. The first-order valence-electron chi connectivity index (χ1n) is 17.1. The van der Waals surface area contributed by atoms with E-state index in [1.807, 2.05) is 37.4 Å². The summed E-state index contributed by atoms with van der Waals surface area (Å²) >= 11 is 0. The molecule has 11 heteroatoms. The molecule has 1 aliphatic carbocycles. The number of carbonyl (C=O) groups excluding carboxylic acids is 4. The number of likely N-dealkylation sites (N-methyl/N-ethyl adjacent to an activating group) is 1. The standard InChI is InChI=1S/C39H41FN6O4/c1-21(2)35(39(50)46-31-10-5-4-7-23(31)17-33(46)36(41)47)44-38(49)30(15-22-11-13-26(40)14-12-22)43-37(48)25-16-28-27-8-6-9-29-34(27)24(19-42-29)18-32(28)45(3)20-25/h4-14,16,19,21,25,30,32-33,35,42H,15,17-18,20H2,1-3H3,(H2,41,47)(H,43,48)(H,44,49)/t25-,30+,32-,33+,35+/m1/s1. The zero-order chi connectivity index (χ0) is 35.3. The Morgan fingerprint density at radius 3 is 2.46 bits per heavy atom. The van der Waals surface area contributed by atoms with Gasteiger partial charge in [0.1, 0.15) is 23.9 Å². The van der Waals surface area contributed by atoms with E-state index in [-0.39, 0.29) is 30.7 Å². The molecule has 50 heavy (non-hydrogen) atoms. The molecule has 4 aromatic rings. The molecule has 0 saturated carbocycles. The van der Waals surface area contributed by atoms with Crippen LogP contribution >= 0.6 is 0 Å². The number of H-pyrrole nitrogens is 1. The van der Waals surface area contributed by atoms with E-state index in [2.05, 4.69) is 32.8 Å². The number of carbonyl (C=O) groups is 4. The summed E-state index contributed by atoms with van der Waals surface area (Å²) in [7, 11) is 2.01. The van der Waals surface area contributed by atoms with Crippen LogP contribution in [0.15, 0.2) is 79.0 Å². The number of primary amides is 1. The van der Waals surface area contributed by atoms with Crippen molar-refractivity contribution in [2.45, 2.75) is 57.3 Å². The summed E-state index contributed by atoms with van der Waals surface area (Å²) in [6, 6.07) is 16.2. The van der Waals surface area contributed by atoms with Crippen LogP contribution in [0.25, 0.3) is 16.5 Å². The SMILES string of the molecule is CC(C)[C@H](NC(=O)[C@H](Cc1ccc(F)cc1)NC(=O)[C@@H]1C=C2c3cccc4[nH]cc(c34)C[C@H]2N(C)C1)C(=O)N1c2ccccc2C[C@H]1C(N)=O. The Kier molecular flexibility index (Phi) is 8.77. The highest BCUT2D eigenvalue weighted by molar-refractivity contribution is 6.07. The number of nitrogens with zero attached hydrogens (tertiary/aromatic N) is 2. The van der Waals surface area contributed by atoms with E-state index in [1.54, 1.807) is 38.1 Å². The first-order chi connectivity index (χ1) is 24.0. The summed E-state index contributed by atoms with van der Waals surface area (Å²) in [5.41, 5.74) is 12.2. The molecule has 3 aliphatic rings. The topological polar surface area (TPSA) is 141 Å². The smallest absolute Gasteiger partial charge is 0.250 e. The lowest BCUT2D eigenvalue weighted by Gasteiger charge is -2.39. The molecule has 3 heterocycles. The van der Waals surface area contributed by atoms with Gasteiger partial charge in [0.15, 0.2) is 0 Å². The fourth-order valence-corrected chi connectivity index (χ4v) is 7.76. The number of nitrogens with two attached hydrogens (primary N) is 1. The third-order valence-corrected chi connectivity index (χ3v) is 10.4. The summed E-state index contributed by atoms with van der Waals surface area (Å²) in [6.07, 6.45) is 5.26. The fourth-order valence-electron chi connectivity index (χ4n) is 7.76. The molecule has 1 aromatic heterocycles. The second-order valence-electron chi connectivity index (χ2n) is 14.0. The minimum absolute atomic E-state index is 0.0705. The zero-order valence-electron chi connectivity index (χ0n) is 28.3. The molecule has 3 aromatic carbocycles. The van der Waals surface area contributed by atoms with Gasteiger partial charge in [-0.3, -0.25) is 29.0 Å². The lowest BCUT2D eigenvalue weighted by molar-refractivity contribution is -0.133. The number of fused-ring (bicyclic) bond motifs is 3. The summed E-state index contributed by atoms with van der Waals surface area (Å²) in [5.74, 6) is -3.33. The van der Waals surface area contributed by atoms with Crippen molar-refractivity contribution in [3.63, 3.8) is 0 Å². The molecule has 10 nitrogen and oxygen atoms in total. The lowest BCUT2D eigenvalue weighted by Crippen LogP contribution is -2.59. The zero-order valence-corrected chi connectivity index (χ0v) is 28.3. The van der Waals surface area contributed by atoms with Gasteiger partial charge >= 0.3 is 0 Å². The quantitative estimate of drug-likeness (QED) is 0.215. The maximum atomic E-state index is 14.2. The Labute approximate surface area is 289 Å². The monoisotopic (exact) mass is 676 g/mol. The molecule has 0 fully saturated rings. The number of amides is 4. The van der Waals surface area contributed by atoms with Crippen LogP contribution < -0.4 is 21.3 Å². The maximum Gasteiger partial charge on any atom is 0.250 e. The summed E-state index contributed by atoms with van der Waals surface area (Å²) in [5, 5.41) is 7.05. The van der Waals surface area contributed by atoms with Crippen LogP contribution in [0.1, 0.15) is 36.1 Å². The molecule has 258 valence electrons. The second kappa shape index (κ2) is 13.2. The van der Waals surface area contributed by atoms with E-state index < -0.39 is 47.6 Å². The van der Waals surface area contributed by atoms with Crippen molar-refractivity contribution < 1.29 is 23.6 Å². The van der Waals surface area contributed by atoms with Gasteiger partial charge in [-0.05, 0) is 71.5 Å². The Hall–Kier alpha value is -5.29. The van der Waals surface area contributed by atoms with Crippen LogP contribution in [-0.4, -0.2) is 71.3 Å². The van der Waals surface area contributed by atoms with Crippen LogP contribution in [0.4, 0.5) is 10.1 Å². The number of hydrogen-bond acceptors (Lipinski definition) is 5. The van der Waals surface area contributed by atoms with E-state index >= 15 is 0 Å². The molecule has 5 N–H and O–H groups in total. The van der Waals surface area contributed by atoms with Crippen molar-refractivity contribution in [2.75, 3.05) is 18.5 Å². The normalized spacial score (nSPS) is 20.9. The van der Waals surface area contributed by atoms with E-state index in [4.69, 9.17) is 5.73 Å². The highest BCUT2D eigenvalue weighted by Crippen LogP contribution is 2.41. The number of hydrogen-bond donors (Lipinski definition) is 4. The number of aromatic amines is 1. The van der Waals surface area contributed by atoms with Gasteiger partial charge in [-0.15, -0.1) is 0 Å². The van der Waals surface area contributed by atoms with Crippen LogP contribution in [0.5, 0.6) is 0 Å². The number of benzene rings is 3. The number of rotatable bonds is 9. The second-order valence-corrected chi connectivity index (χ2v) is 14.0. The van der Waals surface area contributed by atoms with Crippen molar-refractivity contribution >= 4 is 45.8 Å². The molecule has 7 rings (SSSR count). The minimum atomic E-state index is -1.08.